The molecule has 0 saturated carbocycles. The van der Waals surface area contributed by atoms with Crippen molar-refractivity contribution in [3.05, 3.63) is 35.6 Å². The van der Waals surface area contributed by atoms with E-state index in [2.05, 4.69) is 10.2 Å². The number of nitrogens with one attached hydrogen (secondary N) is 1. The maximum absolute atomic E-state index is 13.3. The molecule has 2 atom stereocenters. The van der Waals surface area contributed by atoms with E-state index in [1.54, 1.807) is 31.1 Å². The molecule has 23 heavy (non-hydrogen) atoms. The van der Waals surface area contributed by atoms with Crippen LogP contribution in [-0.4, -0.2) is 62.8 Å². The molecule has 0 aliphatic carbocycles. The summed E-state index contributed by atoms with van der Waals surface area (Å²) in [7, 11) is 3.47. The van der Waals surface area contributed by atoms with Gasteiger partial charge in [0.2, 0.25) is 0 Å². The van der Waals surface area contributed by atoms with Crippen LogP contribution in [0.15, 0.2) is 24.3 Å². The van der Waals surface area contributed by atoms with Crippen LogP contribution in [0.5, 0.6) is 0 Å². The minimum absolute atomic E-state index is 0.0288. The lowest BCUT2D eigenvalue weighted by Gasteiger charge is -2.28. The molecule has 0 radical (unpaired) electrons. The van der Waals surface area contributed by atoms with Crippen molar-refractivity contribution in [2.24, 2.45) is 11.3 Å². The zero-order valence-corrected chi connectivity index (χ0v) is 13.7. The smallest absolute Gasteiger partial charge is 0.316 e. The Kier molecular flexibility index (Phi) is 4.55. The SMILES string of the molecule is CN(C)C(=O)NC[C@]12COC[C@H]1CN(Cc1cccc(F)c1)C2. The lowest BCUT2D eigenvalue weighted by Crippen LogP contribution is -2.45. The number of benzene rings is 1. The third-order valence-corrected chi connectivity index (χ3v) is 4.88. The highest BCUT2D eigenvalue weighted by molar-refractivity contribution is 5.73. The zero-order valence-electron chi connectivity index (χ0n) is 13.7. The molecular formula is C17H24FN3O2. The van der Waals surface area contributed by atoms with Gasteiger partial charge in [-0.25, -0.2) is 9.18 Å². The highest BCUT2D eigenvalue weighted by Gasteiger charge is 2.50. The van der Waals surface area contributed by atoms with Gasteiger partial charge in [0.25, 0.3) is 0 Å². The molecule has 2 fully saturated rings. The number of urea groups is 1. The van der Waals surface area contributed by atoms with Crippen molar-refractivity contribution in [1.29, 1.82) is 0 Å². The number of carbonyl (C=O) groups excluding carboxylic acids is 1. The molecule has 1 aromatic carbocycles. The second-order valence-corrected chi connectivity index (χ2v) is 6.93. The largest absolute Gasteiger partial charge is 0.380 e. The van der Waals surface area contributed by atoms with E-state index in [-0.39, 0.29) is 17.3 Å². The van der Waals surface area contributed by atoms with Gasteiger partial charge < -0.3 is 15.0 Å². The van der Waals surface area contributed by atoms with Crippen LogP contribution in [0.2, 0.25) is 0 Å². The summed E-state index contributed by atoms with van der Waals surface area (Å²) in [5, 5.41) is 3.00. The van der Waals surface area contributed by atoms with E-state index in [1.807, 2.05) is 6.07 Å². The van der Waals surface area contributed by atoms with Gasteiger partial charge in [0, 0.05) is 51.6 Å². The van der Waals surface area contributed by atoms with Crippen molar-refractivity contribution in [1.82, 2.24) is 15.1 Å². The van der Waals surface area contributed by atoms with Crippen LogP contribution in [0.25, 0.3) is 0 Å². The highest BCUT2D eigenvalue weighted by Crippen LogP contribution is 2.41. The van der Waals surface area contributed by atoms with Crippen LogP contribution in [0.3, 0.4) is 0 Å². The number of fused-ring (bicyclic) bond motifs is 1. The quantitative estimate of drug-likeness (QED) is 0.915. The van der Waals surface area contributed by atoms with E-state index in [9.17, 15) is 9.18 Å². The lowest BCUT2D eigenvalue weighted by molar-refractivity contribution is 0.125. The number of halogens is 1. The van der Waals surface area contributed by atoms with Gasteiger partial charge in [-0.1, -0.05) is 12.1 Å². The molecule has 3 rings (SSSR count). The maximum atomic E-state index is 13.3. The third-order valence-electron chi connectivity index (χ3n) is 4.88. The summed E-state index contributed by atoms with van der Waals surface area (Å²) >= 11 is 0. The Morgan fingerprint density at radius 1 is 1.52 bits per heavy atom. The van der Waals surface area contributed by atoms with Gasteiger partial charge in [-0.2, -0.15) is 0 Å². The number of rotatable bonds is 4. The number of ether oxygens (including phenoxy) is 1. The molecule has 5 nitrogen and oxygen atoms in total. The third kappa shape index (κ3) is 3.48. The van der Waals surface area contributed by atoms with Crippen molar-refractivity contribution in [3.63, 3.8) is 0 Å². The van der Waals surface area contributed by atoms with Gasteiger partial charge in [0.1, 0.15) is 5.82 Å². The van der Waals surface area contributed by atoms with Crippen molar-refractivity contribution >= 4 is 6.03 Å². The van der Waals surface area contributed by atoms with Gasteiger partial charge in [0.15, 0.2) is 0 Å². The second-order valence-electron chi connectivity index (χ2n) is 6.93. The number of carbonyl (C=O) groups is 1. The Balaban J connectivity index is 1.63. The molecule has 2 amide bonds. The minimum atomic E-state index is -0.196. The fourth-order valence-corrected chi connectivity index (χ4v) is 3.62. The first-order valence-electron chi connectivity index (χ1n) is 7.98. The van der Waals surface area contributed by atoms with Crippen LogP contribution in [0, 0.1) is 17.2 Å². The molecule has 1 aromatic rings. The zero-order chi connectivity index (χ0) is 16.4. The normalized spacial score (nSPS) is 27.0. The molecule has 0 spiro atoms. The van der Waals surface area contributed by atoms with E-state index in [0.29, 0.717) is 19.1 Å². The molecule has 2 saturated heterocycles. The molecule has 0 bridgehead atoms. The van der Waals surface area contributed by atoms with Crippen LogP contribution < -0.4 is 5.32 Å². The molecule has 6 heteroatoms. The Hall–Kier alpha value is -1.66. The van der Waals surface area contributed by atoms with E-state index in [1.165, 1.54) is 6.07 Å². The first-order chi connectivity index (χ1) is 11.0. The van der Waals surface area contributed by atoms with E-state index >= 15 is 0 Å². The topological polar surface area (TPSA) is 44.8 Å². The highest BCUT2D eigenvalue weighted by atomic mass is 19.1. The van der Waals surface area contributed by atoms with Crippen molar-refractivity contribution in [2.75, 3.05) is 46.9 Å². The lowest BCUT2D eigenvalue weighted by atomic mass is 9.81. The summed E-state index contributed by atoms with van der Waals surface area (Å²) in [6.45, 7) is 4.55. The van der Waals surface area contributed by atoms with Crippen molar-refractivity contribution in [3.8, 4) is 0 Å². The van der Waals surface area contributed by atoms with Gasteiger partial charge in [-0.3, -0.25) is 4.90 Å². The number of amides is 2. The van der Waals surface area contributed by atoms with Crippen LogP contribution in [0.1, 0.15) is 5.56 Å². The monoisotopic (exact) mass is 321 g/mol. The van der Waals surface area contributed by atoms with Crippen molar-refractivity contribution in [2.45, 2.75) is 6.54 Å². The molecule has 126 valence electrons. The van der Waals surface area contributed by atoms with Gasteiger partial charge >= 0.3 is 6.03 Å². The summed E-state index contributed by atoms with van der Waals surface area (Å²) < 4.78 is 19.0. The number of hydrogen-bond donors (Lipinski definition) is 1. The van der Waals surface area contributed by atoms with Crippen LogP contribution in [0.4, 0.5) is 9.18 Å². The van der Waals surface area contributed by atoms with E-state index < -0.39 is 0 Å². The molecule has 2 aliphatic rings. The summed E-state index contributed by atoms with van der Waals surface area (Å²) in [6, 6.07) is 6.68. The molecule has 2 aliphatic heterocycles. The second kappa shape index (κ2) is 6.45. The molecule has 1 N–H and O–H groups in total. The Morgan fingerprint density at radius 3 is 3.09 bits per heavy atom. The molecule has 0 aromatic heterocycles. The fraction of sp³-hybridized carbons (Fsp3) is 0.588. The summed E-state index contributed by atoms with van der Waals surface area (Å²) in [5.74, 6) is 0.219. The van der Waals surface area contributed by atoms with Gasteiger partial charge in [-0.05, 0) is 17.7 Å². The average Bonchev–Trinajstić information content (AvgIpc) is 3.01. The molecular weight excluding hydrogens is 297 g/mol. The van der Waals surface area contributed by atoms with E-state index in [0.717, 1.165) is 31.8 Å². The summed E-state index contributed by atoms with van der Waals surface area (Å²) in [5.41, 5.74) is 0.956. The first-order valence-corrected chi connectivity index (χ1v) is 7.98. The van der Waals surface area contributed by atoms with Crippen LogP contribution in [-0.2, 0) is 11.3 Å². The molecule has 0 unspecified atom stereocenters. The van der Waals surface area contributed by atoms with Crippen molar-refractivity contribution < 1.29 is 13.9 Å². The Morgan fingerprint density at radius 2 is 2.35 bits per heavy atom. The summed E-state index contributed by atoms with van der Waals surface area (Å²) in [6.07, 6.45) is 0. The fourth-order valence-electron chi connectivity index (χ4n) is 3.62. The van der Waals surface area contributed by atoms with Gasteiger partial charge in [-0.15, -0.1) is 0 Å². The maximum Gasteiger partial charge on any atom is 0.316 e. The predicted molar refractivity (Wildman–Crippen MR) is 85.5 cm³/mol. The first kappa shape index (κ1) is 16.2. The molecule has 2 heterocycles. The number of likely N-dealkylation sites (tertiary alicyclic amines) is 1. The Bertz CT molecular complexity index is 581. The predicted octanol–water partition coefficient (Wildman–Crippen LogP) is 1.55. The van der Waals surface area contributed by atoms with Gasteiger partial charge in [0.05, 0.1) is 13.2 Å². The Labute approximate surface area is 136 Å². The van der Waals surface area contributed by atoms with E-state index in [4.69, 9.17) is 4.74 Å². The number of hydrogen-bond acceptors (Lipinski definition) is 3. The summed E-state index contributed by atoms with van der Waals surface area (Å²) in [4.78, 5) is 15.7. The standard InChI is InChI=1S/C17H24FN3O2/c1-20(2)16(22)19-10-17-11-21(8-14(17)9-23-12-17)7-13-4-3-5-15(18)6-13/h3-6,14H,7-12H2,1-2H3,(H,19,22)/t14-,17+/m1/s1. The average molecular weight is 321 g/mol. The minimum Gasteiger partial charge on any atom is -0.380 e. The van der Waals surface area contributed by atoms with Crippen LogP contribution >= 0.6 is 0 Å². The number of nitrogens with zero attached hydrogens (tertiary/aromatic N) is 2.